The lowest BCUT2D eigenvalue weighted by Gasteiger charge is -2.17. The molecular weight excluding hydrogens is 184 g/mol. The summed E-state index contributed by atoms with van der Waals surface area (Å²) in [5, 5.41) is 0. The summed E-state index contributed by atoms with van der Waals surface area (Å²) in [6, 6.07) is 0. The molecule has 12 heavy (non-hydrogen) atoms. The van der Waals surface area contributed by atoms with Crippen LogP contribution in [0.1, 0.15) is 13.8 Å². The first-order valence-corrected chi connectivity index (χ1v) is 4.95. The summed E-state index contributed by atoms with van der Waals surface area (Å²) in [6.07, 6.45) is 0. The lowest BCUT2D eigenvalue weighted by atomic mass is 9.82. The highest BCUT2D eigenvalue weighted by Crippen LogP contribution is 2.22. The van der Waals surface area contributed by atoms with Crippen LogP contribution in [0.4, 0.5) is 12.9 Å². The van der Waals surface area contributed by atoms with E-state index in [-0.39, 0.29) is 5.75 Å². The van der Waals surface area contributed by atoms with E-state index in [0.29, 0.717) is 5.92 Å². The third kappa shape index (κ3) is 5.58. The van der Waals surface area contributed by atoms with Crippen LogP contribution < -0.4 is 0 Å². The molecule has 0 unspecified atom stereocenters. The van der Waals surface area contributed by atoms with Crippen molar-refractivity contribution in [2.75, 3.05) is 11.5 Å². The fraction of sp³-hybridized carbons (Fsp3) is 0.714. The molecule has 0 aromatic heterocycles. The molecule has 0 nitrogen and oxygen atoms in total. The van der Waals surface area contributed by atoms with Crippen molar-refractivity contribution in [3.63, 3.8) is 0 Å². The van der Waals surface area contributed by atoms with Gasteiger partial charge in [0, 0.05) is 0 Å². The molecule has 0 aliphatic rings. The fourth-order valence-corrected chi connectivity index (χ4v) is 1.56. The molecule has 0 fully saturated rings. The Labute approximate surface area is 75.7 Å². The number of thioether (sulfide) groups is 1. The molecule has 0 saturated heterocycles. The van der Waals surface area contributed by atoms with Crippen molar-refractivity contribution >= 4 is 18.7 Å². The predicted octanol–water partition coefficient (Wildman–Crippen LogP) is 3.32. The first-order valence-electron chi connectivity index (χ1n) is 3.79. The van der Waals surface area contributed by atoms with E-state index in [0.717, 1.165) is 5.75 Å². The molecular formula is C7H13BF3S-. The van der Waals surface area contributed by atoms with Crippen molar-refractivity contribution in [2.45, 2.75) is 13.8 Å². The number of halogens is 3. The number of hydrogen-bond acceptors (Lipinski definition) is 1. The molecule has 5 heteroatoms. The van der Waals surface area contributed by atoms with E-state index in [2.05, 4.69) is 6.58 Å². The topological polar surface area (TPSA) is 0 Å². The first-order chi connectivity index (χ1) is 5.34. The van der Waals surface area contributed by atoms with Crippen molar-refractivity contribution < 1.29 is 12.9 Å². The van der Waals surface area contributed by atoms with Gasteiger partial charge >= 0.3 is 6.98 Å². The zero-order valence-electron chi connectivity index (χ0n) is 7.32. The molecule has 72 valence electrons. The Morgan fingerprint density at radius 2 is 1.92 bits per heavy atom. The quantitative estimate of drug-likeness (QED) is 0.609. The predicted molar refractivity (Wildman–Crippen MR) is 50.4 cm³/mol. The normalized spacial score (nSPS) is 12.2. The summed E-state index contributed by atoms with van der Waals surface area (Å²) in [7, 11) is 0. The van der Waals surface area contributed by atoms with Gasteiger partial charge in [0.1, 0.15) is 0 Å². The fourth-order valence-electron chi connectivity index (χ4n) is 0.520. The number of hydrogen-bond donors (Lipinski definition) is 0. The van der Waals surface area contributed by atoms with Gasteiger partial charge in [0.05, 0.1) is 0 Å². The van der Waals surface area contributed by atoms with Gasteiger partial charge in [-0.25, -0.2) is 0 Å². The molecule has 0 amide bonds. The molecule has 0 aromatic rings. The minimum Gasteiger partial charge on any atom is -0.445 e. The van der Waals surface area contributed by atoms with E-state index in [9.17, 15) is 12.9 Å². The average Bonchev–Trinajstić information content (AvgIpc) is 1.84. The highest BCUT2D eigenvalue weighted by molar-refractivity contribution is 7.99. The molecule has 0 rings (SSSR count). The lowest BCUT2D eigenvalue weighted by molar-refractivity contribution is 0.491. The van der Waals surface area contributed by atoms with Crippen LogP contribution in [0.3, 0.4) is 0 Å². The van der Waals surface area contributed by atoms with Crippen molar-refractivity contribution in [3.05, 3.63) is 12.1 Å². The van der Waals surface area contributed by atoms with E-state index in [1.165, 1.54) is 11.8 Å². The number of rotatable bonds is 5. The van der Waals surface area contributed by atoms with E-state index in [1.54, 1.807) is 0 Å². The van der Waals surface area contributed by atoms with Crippen molar-refractivity contribution in [1.29, 1.82) is 0 Å². The van der Waals surface area contributed by atoms with E-state index < -0.39 is 12.4 Å². The summed E-state index contributed by atoms with van der Waals surface area (Å²) in [6.45, 7) is 2.15. The monoisotopic (exact) mass is 197 g/mol. The lowest BCUT2D eigenvalue weighted by Crippen LogP contribution is -2.20. The Morgan fingerprint density at radius 1 is 1.42 bits per heavy atom. The van der Waals surface area contributed by atoms with Crippen LogP contribution in [0.2, 0.25) is 0 Å². The minimum absolute atomic E-state index is 0.0156. The molecule has 0 radical (unpaired) electrons. The van der Waals surface area contributed by atoms with Crippen LogP contribution >= 0.6 is 11.8 Å². The highest BCUT2D eigenvalue weighted by atomic mass is 32.2. The second kappa shape index (κ2) is 4.85. The average molecular weight is 197 g/mol. The molecule has 0 aliphatic heterocycles. The molecule has 0 heterocycles. The van der Waals surface area contributed by atoms with Gasteiger partial charge in [-0.3, -0.25) is 0 Å². The highest BCUT2D eigenvalue weighted by Gasteiger charge is 2.25. The molecule has 0 bridgehead atoms. The zero-order chi connectivity index (χ0) is 9.78. The Morgan fingerprint density at radius 3 is 2.25 bits per heavy atom. The van der Waals surface area contributed by atoms with Crippen LogP contribution in [0.15, 0.2) is 12.1 Å². The van der Waals surface area contributed by atoms with Gasteiger partial charge in [-0.15, -0.1) is 12.1 Å². The maximum Gasteiger partial charge on any atom is 0.505 e. The largest absolute Gasteiger partial charge is 0.505 e. The molecule has 0 saturated carbocycles. The second-order valence-electron chi connectivity index (χ2n) is 3.14. The van der Waals surface area contributed by atoms with Crippen LogP contribution in [0.25, 0.3) is 0 Å². The Hall–Kier alpha value is -0.0551. The van der Waals surface area contributed by atoms with Gasteiger partial charge in [-0.2, -0.15) is 11.8 Å². The van der Waals surface area contributed by atoms with Crippen LogP contribution in [-0.4, -0.2) is 18.5 Å². The molecule has 0 atom stereocenters. The summed E-state index contributed by atoms with van der Waals surface area (Å²) in [5.74, 6) is 1.20. The van der Waals surface area contributed by atoms with Gasteiger partial charge in [0.15, 0.2) is 0 Å². The Bertz CT molecular complexity index is 153. The van der Waals surface area contributed by atoms with Crippen molar-refractivity contribution in [1.82, 2.24) is 0 Å². The minimum atomic E-state index is -4.82. The van der Waals surface area contributed by atoms with Gasteiger partial charge in [0.2, 0.25) is 0 Å². The summed E-state index contributed by atoms with van der Waals surface area (Å²) < 4.78 is 35.8. The second-order valence-corrected chi connectivity index (χ2v) is 4.17. The summed E-state index contributed by atoms with van der Waals surface area (Å²) >= 11 is 1.29. The van der Waals surface area contributed by atoms with Crippen LogP contribution in [-0.2, 0) is 0 Å². The summed E-state index contributed by atoms with van der Waals surface area (Å²) in [4.78, 5) is 0. The van der Waals surface area contributed by atoms with Crippen molar-refractivity contribution in [3.8, 4) is 0 Å². The Balaban J connectivity index is 3.59. The summed E-state index contributed by atoms with van der Waals surface area (Å²) in [5.41, 5.74) is -0.583. The standard InChI is InChI=1S/C7H13BF3S/c1-6(2)4-12-5-7(3)8(9,10)11/h6H,3-5H2,1-2H3/q-1. The van der Waals surface area contributed by atoms with Crippen LogP contribution in [0, 0.1) is 5.92 Å². The zero-order valence-corrected chi connectivity index (χ0v) is 8.13. The van der Waals surface area contributed by atoms with Gasteiger partial charge < -0.3 is 12.9 Å². The van der Waals surface area contributed by atoms with E-state index in [4.69, 9.17) is 0 Å². The Kier molecular flexibility index (Phi) is 4.82. The van der Waals surface area contributed by atoms with Crippen molar-refractivity contribution in [2.24, 2.45) is 5.92 Å². The first kappa shape index (κ1) is 11.9. The van der Waals surface area contributed by atoms with Gasteiger partial charge in [-0.1, -0.05) is 13.8 Å². The third-order valence-corrected chi connectivity index (χ3v) is 2.68. The maximum absolute atomic E-state index is 11.9. The maximum atomic E-state index is 11.9. The third-order valence-electron chi connectivity index (χ3n) is 1.20. The van der Waals surface area contributed by atoms with Gasteiger partial charge in [0.25, 0.3) is 0 Å². The van der Waals surface area contributed by atoms with Gasteiger partial charge in [-0.05, 0) is 17.4 Å². The molecule has 0 N–H and O–H groups in total. The molecule has 0 spiro atoms. The van der Waals surface area contributed by atoms with Crippen LogP contribution in [0.5, 0.6) is 0 Å². The van der Waals surface area contributed by atoms with E-state index in [1.807, 2.05) is 13.8 Å². The molecule has 0 aliphatic carbocycles. The van der Waals surface area contributed by atoms with E-state index >= 15 is 0 Å². The SMILES string of the molecule is C=C(CSCC(C)C)[B-](F)(F)F. The smallest absolute Gasteiger partial charge is 0.445 e. The molecule has 0 aromatic carbocycles.